The minimum absolute atomic E-state index is 0.201. The third-order valence-corrected chi connectivity index (χ3v) is 4.03. The molecule has 0 bridgehead atoms. The van der Waals surface area contributed by atoms with Gasteiger partial charge in [-0.25, -0.2) is 4.98 Å². The fourth-order valence-electron chi connectivity index (χ4n) is 2.10. The van der Waals surface area contributed by atoms with E-state index < -0.39 is 0 Å². The standard InChI is InChI=1S/C11H18N2OS/c1-9-13-10(8-15-9)7-12-11(5-6-14)3-2-4-11/h8,12,14H,2-7H2,1H3. The minimum Gasteiger partial charge on any atom is -0.396 e. The lowest BCUT2D eigenvalue weighted by Crippen LogP contribution is -2.51. The van der Waals surface area contributed by atoms with Crippen LogP contribution in [0.4, 0.5) is 0 Å². The molecule has 1 aliphatic carbocycles. The van der Waals surface area contributed by atoms with E-state index in [1.54, 1.807) is 11.3 Å². The largest absolute Gasteiger partial charge is 0.396 e. The molecule has 3 nitrogen and oxygen atoms in total. The summed E-state index contributed by atoms with van der Waals surface area (Å²) < 4.78 is 0. The summed E-state index contributed by atoms with van der Waals surface area (Å²) in [7, 11) is 0. The average Bonchev–Trinajstić information content (AvgIpc) is 2.56. The number of aliphatic hydroxyl groups excluding tert-OH is 1. The number of aliphatic hydroxyl groups is 1. The van der Waals surface area contributed by atoms with Crippen LogP contribution in [0.2, 0.25) is 0 Å². The Morgan fingerprint density at radius 1 is 1.60 bits per heavy atom. The number of thiazole rings is 1. The molecule has 1 aliphatic rings. The van der Waals surface area contributed by atoms with Gasteiger partial charge in [-0.05, 0) is 32.6 Å². The second kappa shape index (κ2) is 4.60. The molecule has 1 heterocycles. The first kappa shape index (κ1) is 11.0. The molecule has 1 saturated carbocycles. The van der Waals surface area contributed by atoms with Crippen LogP contribution in [0, 0.1) is 6.92 Å². The van der Waals surface area contributed by atoms with Crippen molar-refractivity contribution in [2.45, 2.75) is 44.7 Å². The highest BCUT2D eigenvalue weighted by atomic mass is 32.1. The van der Waals surface area contributed by atoms with Crippen LogP contribution in [0.3, 0.4) is 0 Å². The van der Waals surface area contributed by atoms with Gasteiger partial charge in [0.2, 0.25) is 0 Å². The second-order valence-electron chi connectivity index (χ2n) is 4.32. The summed E-state index contributed by atoms with van der Waals surface area (Å²) in [6.45, 7) is 3.15. The van der Waals surface area contributed by atoms with Crippen LogP contribution in [0.1, 0.15) is 36.4 Å². The zero-order chi connectivity index (χ0) is 10.7. The van der Waals surface area contributed by atoms with Crippen LogP contribution in [0.5, 0.6) is 0 Å². The molecule has 0 aliphatic heterocycles. The Morgan fingerprint density at radius 3 is 2.87 bits per heavy atom. The van der Waals surface area contributed by atoms with Crippen molar-refractivity contribution in [3.05, 3.63) is 16.1 Å². The zero-order valence-electron chi connectivity index (χ0n) is 9.12. The van der Waals surface area contributed by atoms with Gasteiger partial charge in [0.25, 0.3) is 0 Å². The van der Waals surface area contributed by atoms with E-state index >= 15 is 0 Å². The van der Waals surface area contributed by atoms with Gasteiger partial charge in [-0.3, -0.25) is 0 Å². The SMILES string of the molecule is Cc1nc(CNC2(CCO)CCC2)cs1. The molecule has 0 unspecified atom stereocenters. The van der Waals surface area contributed by atoms with E-state index in [1.165, 1.54) is 19.3 Å². The van der Waals surface area contributed by atoms with Gasteiger partial charge in [-0.2, -0.15) is 0 Å². The summed E-state index contributed by atoms with van der Waals surface area (Å²) >= 11 is 1.69. The number of rotatable bonds is 5. The molecule has 1 aromatic heterocycles. The van der Waals surface area contributed by atoms with Crippen molar-refractivity contribution in [1.82, 2.24) is 10.3 Å². The second-order valence-corrected chi connectivity index (χ2v) is 5.38. The zero-order valence-corrected chi connectivity index (χ0v) is 9.94. The lowest BCUT2D eigenvalue weighted by atomic mass is 9.74. The van der Waals surface area contributed by atoms with Gasteiger partial charge >= 0.3 is 0 Å². The quantitative estimate of drug-likeness (QED) is 0.805. The van der Waals surface area contributed by atoms with Crippen molar-refractivity contribution in [1.29, 1.82) is 0 Å². The van der Waals surface area contributed by atoms with Crippen LogP contribution in [-0.2, 0) is 6.54 Å². The van der Waals surface area contributed by atoms with Crippen molar-refractivity contribution in [2.75, 3.05) is 6.61 Å². The van der Waals surface area contributed by atoms with E-state index in [1.807, 2.05) is 6.92 Å². The van der Waals surface area contributed by atoms with Crippen molar-refractivity contribution in [2.24, 2.45) is 0 Å². The smallest absolute Gasteiger partial charge is 0.0897 e. The normalized spacial score (nSPS) is 18.8. The number of hydrogen-bond acceptors (Lipinski definition) is 4. The van der Waals surface area contributed by atoms with Crippen LogP contribution in [0.25, 0.3) is 0 Å². The van der Waals surface area contributed by atoms with Crippen LogP contribution >= 0.6 is 11.3 Å². The van der Waals surface area contributed by atoms with Gasteiger partial charge in [0.15, 0.2) is 0 Å². The molecule has 2 N–H and O–H groups in total. The Hall–Kier alpha value is -0.450. The molecule has 0 atom stereocenters. The highest BCUT2D eigenvalue weighted by Crippen LogP contribution is 2.34. The maximum absolute atomic E-state index is 9.01. The van der Waals surface area contributed by atoms with E-state index in [-0.39, 0.29) is 12.1 Å². The van der Waals surface area contributed by atoms with Gasteiger partial charge in [0.1, 0.15) is 0 Å². The summed E-state index contributed by atoms with van der Waals surface area (Å²) in [6.07, 6.45) is 4.53. The van der Waals surface area contributed by atoms with Crippen LogP contribution < -0.4 is 5.32 Å². The first-order chi connectivity index (χ1) is 7.24. The van der Waals surface area contributed by atoms with E-state index in [2.05, 4.69) is 15.7 Å². The molecule has 2 rings (SSSR count). The number of aromatic nitrogens is 1. The maximum atomic E-state index is 9.01. The Balaban J connectivity index is 1.86. The lowest BCUT2D eigenvalue weighted by molar-refractivity contribution is 0.129. The van der Waals surface area contributed by atoms with Gasteiger partial charge in [-0.1, -0.05) is 0 Å². The molecule has 1 aromatic rings. The Kier molecular flexibility index (Phi) is 3.38. The predicted molar refractivity (Wildman–Crippen MR) is 62.0 cm³/mol. The molecular weight excluding hydrogens is 208 g/mol. The van der Waals surface area contributed by atoms with Gasteiger partial charge in [0, 0.05) is 24.1 Å². The topological polar surface area (TPSA) is 45.2 Å². The first-order valence-electron chi connectivity index (χ1n) is 5.51. The fourth-order valence-corrected chi connectivity index (χ4v) is 2.71. The minimum atomic E-state index is 0.201. The van der Waals surface area contributed by atoms with E-state index in [0.29, 0.717) is 0 Å². The van der Waals surface area contributed by atoms with Gasteiger partial charge < -0.3 is 10.4 Å². The van der Waals surface area contributed by atoms with Gasteiger partial charge in [0.05, 0.1) is 10.7 Å². The molecule has 4 heteroatoms. The molecule has 0 saturated heterocycles. The number of aryl methyl sites for hydroxylation is 1. The molecule has 1 fully saturated rings. The Labute approximate surface area is 94.5 Å². The number of nitrogens with zero attached hydrogens (tertiary/aromatic N) is 1. The number of nitrogens with one attached hydrogen (secondary N) is 1. The third kappa shape index (κ3) is 2.56. The van der Waals surface area contributed by atoms with E-state index in [0.717, 1.165) is 23.7 Å². The Bertz CT molecular complexity index is 320. The van der Waals surface area contributed by atoms with Crippen molar-refractivity contribution >= 4 is 11.3 Å². The predicted octanol–water partition coefficient (Wildman–Crippen LogP) is 1.85. The molecule has 0 radical (unpaired) electrons. The van der Waals surface area contributed by atoms with Crippen molar-refractivity contribution < 1.29 is 5.11 Å². The molecule has 0 amide bonds. The molecular formula is C11H18N2OS. The van der Waals surface area contributed by atoms with Crippen LogP contribution in [-0.4, -0.2) is 22.2 Å². The monoisotopic (exact) mass is 226 g/mol. The maximum Gasteiger partial charge on any atom is 0.0897 e. The third-order valence-electron chi connectivity index (χ3n) is 3.21. The van der Waals surface area contributed by atoms with E-state index in [9.17, 15) is 0 Å². The van der Waals surface area contributed by atoms with Crippen molar-refractivity contribution in [3.63, 3.8) is 0 Å². The summed E-state index contributed by atoms with van der Waals surface area (Å²) in [4.78, 5) is 4.43. The molecule has 0 aromatic carbocycles. The highest BCUT2D eigenvalue weighted by Gasteiger charge is 2.35. The van der Waals surface area contributed by atoms with Crippen LogP contribution in [0.15, 0.2) is 5.38 Å². The molecule has 84 valence electrons. The molecule has 15 heavy (non-hydrogen) atoms. The summed E-state index contributed by atoms with van der Waals surface area (Å²) in [5.41, 5.74) is 1.33. The average molecular weight is 226 g/mol. The van der Waals surface area contributed by atoms with Gasteiger partial charge in [-0.15, -0.1) is 11.3 Å². The summed E-state index contributed by atoms with van der Waals surface area (Å²) in [5, 5.41) is 15.8. The summed E-state index contributed by atoms with van der Waals surface area (Å²) in [6, 6.07) is 0. The Morgan fingerprint density at radius 2 is 2.40 bits per heavy atom. The number of hydrogen-bond donors (Lipinski definition) is 2. The van der Waals surface area contributed by atoms with E-state index in [4.69, 9.17) is 5.11 Å². The highest BCUT2D eigenvalue weighted by molar-refractivity contribution is 7.09. The first-order valence-corrected chi connectivity index (χ1v) is 6.39. The lowest BCUT2D eigenvalue weighted by Gasteiger charge is -2.42. The molecule has 0 spiro atoms. The fraction of sp³-hybridized carbons (Fsp3) is 0.727. The summed E-state index contributed by atoms with van der Waals surface area (Å²) in [5.74, 6) is 0. The van der Waals surface area contributed by atoms with Crippen molar-refractivity contribution in [3.8, 4) is 0 Å².